The molecule has 0 saturated carbocycles. The molecule has 6 heteroatoms. The number of hydrogen-bond acceptors (Lipinski definition) is 4. The van der Waals surface area contributed by atoms with Gasteiger partial charge in [-0.05, 0) is 49.6 Å². The van der Waals surface area contributed by atoms with Crippen molar-refractivity contribution in [2.45, 2.75) is 19.8 Å². The van der Waals surface area contributed by atoms with E-state index in [4.69, 9.17) is 16.0 Å². The summed E-state index contributed by atoms with van der Waals surface area (Å²) in [7, 11) is 2.00. The van der Waals surface area contributed by atoms with Crippen molar-refractivity contribution in [2.24, 2.45) is 4.99 Å². The van der Waals surface area contributed by atoms with Crippen molar-refractivity contribution >= 4 is 34.6 Å². The Morgan fingerprint density at radius 3 is 2.67 bits per heavy atom. The molecule has 1 aromatic carbocycles. The van der Waals surface area contributed by atoms with Gasteiger partial charge in [-0.15, -0.1) is 11.6 Å². The van der Waals surface area contributed by atoms with Crippen LogP contribution in [0, 0.1) is 0 Å². The zero-order valence-electron chi connectivity index (χ0n) is 15.7. The number of benzene rings is 1. The summed E-state index contributed by atoms with van der Waals surface area (Å²) in [5, 5.41) is 0.445. The molecule has 3 rings (SSSR count). The Hall–Kier alpha value is -2.53. The van der Waals surface area contributed by atoms with Crippen LogP contribution in [0.1, 0.15) is 25.3 Å². The molecule has 27 heavy (non-hydrogen) atoms. The van der Waals surface area contributed by atoms with Gasteiger partial charge in [0.15, 0.2) is 0 Å². The highest BCUT2D eigenvalue weighted by Gasteiger charge is 2.08. The van der Waals surface area contributed by atoms with Crippen molar-refractivity contribution in [3.05, 3.63) is 63.3 Å². The first kappa shape index (κ1) is 19.2. The maximum absolute atomic E-state index is 12.2. The maximum Gasteiger partial charge on any atom is 0.361 e. The predicted molar refractivity (Wildman–Crippen MR) is 112 cm³/mol. The second-order valence-corrected chi connectivity index (χ2v) is 6.81. The highest BCUT2D eigenvalue weighted by molar-refractivity contribution is 6.18. The van der Waals surface area contributed by atoms with Gasteiger partial charge in [0.2, 0.25) is 5.55 Å². The molecule has 1 aliphatic carbocycles. The Kier molecular flexibility index (Phi) is 6.35. The minimum atomic E-state index is -0.359. The summed E-state index contributed by atoms with van der Waals surface area (Å²) in [6, 6.07) is 7.97. The van der Waals surface area contributed by atoms with Gasteiger partial charge in [0.05, 0.1) is 0 Å². The lowest BCUT2D eigenvalue weighted by Gasteiger charge is -2.17. The van der Waals surface area contributed by atoms with Crippen LogP contribution in [0.4, 0.5) is 5.69 Å². The monoisotopic (exact) mass is 385 g/mol. The molecule has 5 nitrogen and oxygen atoms in total. The van der Waals surface area contributed by atoms with E-state index in [9.17, 15) is 4.79 Å². The number of aliphatic imine (C=N–C) groups is 1. The summed E-state index contributed by atoms with van der Waals surface area (Å²) in [6.07, 6.45) is 7.43. The van der Waals surface area contributed by atoms with Gasteiger partial charge in [-0.1, -0.05) is 18.2 Å². The lowest BCUT2D eigenvalue weighted by Crippen LogP contribution is -2.21. The van der Waals surface area contributed by atoms with E-state index in [2.05, 4.69) is 14.9 Å². The number of nitrogens with zero attached hydrogens (tertiary/aromatic N) is 2. The van der Waals surface area contributed by atoms with E-state index in [0.29, 0.717) is 16.8 Å². The van der Waals surface area contributed by atoms with Crippen LogP contribution < -0.4 is 21.4 Å². The summed E-state index contributed by atoms with van der Waals surface area (Å²) in [5.41, 5.74) is 4.25. The topological polar surface area (TPSA) is 61.6 Å². The third-order valence-electron chi connectivity index (χ3n) is 4.51. The van der Waals surface area contributed by atoms with Crippen molar-refractivity contribution in [3.63, 3.8) is 0 Å². The molecule has 2 aromatic rings. The first-order valence-electron chi connectivity index (χ1n) is 9.13. The van der Waals surface area contributed by atoms with Crippen LogP contribution in [0.15, 0.2) is 50.6 Å². The molecule has 0 amide bonds. The number of anilines is 1. The summed E-state index contributed by atoms with van der Waals surface area (Å²) in [4.78, 5) is 21.8. The van der Waals surface area contributed by atoms with Crippen LogP contribution in [0.3, 0.4) is 0 Å². The predicted octanol–water partition coefficient (Wildman–Crippen LogP) is 2.43. The number of alkyl halides is 1. The molecule has 0 unspecified atom stereocenters. The maximum atomic E-state index is 12.2. The number of nitrogens with one attached hydrogen (secondary N) is 1. The first-order chi connectivity index (χ1) is 13.1. The minimum Gasteiger partial charge on any atom is -0.405 e. The fourth-order valence-corrected chi connectivity index (χ4v) is 3.24. The number of allylic oxidation sites excluding steroid dienone is 2. The number of H-pyrrole nitrogens is 1. The molecule has 0 fully saturated rings. The molecular weight excluding hydrogens is 362 g/mol. The van der Waals surface area contributed by atoms with Gasteiger partial charge in [0, 0.05) is 43.0 Å². The van der Waals surface area contributed by atoms with Crippen molar-refractivity contribution < 1.29 is 4.42 Å². The van der Waals surface area contributed by atoms with Crippen LogP contribution in [0.25, 0.3) is 11.6 Å². The molecule has 0 radical (unpaired) electrons. The normalized spacial score (nSPS) is 18.3. The van der Waals surface area contributed by atoms with E-state index in [-0.39, 0.29) is 5.63 Å². The first-order valence-corrected chi connectivity index (χ1v) is 9.66. The number of aromatic amines is 1. The Labute approximate surface area is 163 Å². The van der Waals surface area contributed by atoms with Crippen molar-refractivity contribution in [2.75, 3.05) is 30.9 Å². The fourth-order valence-electron chi connectivity index (χ4n) is 2.99. The molecule has 1 aromatic heterocycles. The van der Waals surface area contributed by atoms with Gasteiger partial charge in [0.25, 0.3) is 0 Å². The molecule has 1 heterocycles. The highest BCUT2D eigenvalue weighted by Crippen LogP contribution is 2.15. The summed E-state index contributed by atoms with van der Waals surface area (Å²) < 4.78 is 5.42. The lowest BCUT2D eigenvalue weighted by molar-refractivity contribution is 0.482. The molecule has 0 saturated heterocycles. The average Bonchev–Trinajstić information content (AvgIpc) is 3.04. The number of hydrogen-bond donors (Lipinski definition) is 1. The SMILES string of the molecule is CCN=C1C=CC(=c2[nH]/c(=C/c3ccc(N(C)CCCl)cc3)c(=O)o2)CC1. The largest absolute Gasteiger partial charge is 0.405 e. The second-order valence-electron chi connectivity index (χ2n) is 6.43. The second kappa shape index (κ2) is 8.91. The Balaban J connectivity index is 1.89. The molecule has 0 spiro atoms. The van der Waals surface area contributed by atoms with E-state index in [0.717, 1.165) is 48.5 Å². The van der Waals surface area contributed by atoms with Crippen LogP contribution in [0.2, 0.25) is 0 Å². The zero-order chi connectivity index (χ0) is 19.2. The van der Waals surface area contributed by atoms with Gasteiger partial charge in [-0.2, -0.15) is 0 Å². The number of aromatic nitrogens is 1. The van der Waals surface area contributed by atoms with Crippen LogP contribution in [0.5, 0.6) is 0 Å². The smallest absolute Gasteiger partial charge is 0.361 e. The number of halogens is 1. The van der Waals surface area contributed by atoms with Crippen LogP contribution >= 0.6 is 11.6 Å². The van der Waals surface area contributed by atoms with Crippen molar-refractivity contribution in [3.8, 4) is 0 Å². The van der Waals surface area contributed by atoms with Crippen LogP contribution in [-0.4, -0.2) is 36.7 Å². The highest BCUT2D eigenvalue weighted by atomic mass is 35.5. The van der Waals surface area contributed by atoms with E-state index >= 15 is 0 Å². The lowest BCUT2D eigenvalue weighted by atomic mass is 10.0. The summed E-state index contributed by atoms with van der Waals surface area (Å²) in [6.45, 7) is 3.59. The third-order valence-corrected chi connectivity index (χ3v) is 4.68. The molecule has 1 aliphatic rings. The molecule has 1 N–H and O–H groups in total. The third kappa shape index (κ3) is 4.80. The standard InChI is InChI=1S/C21H24ClN3O2/c1-3-23-17-8-6-16(7-9-17)20-24-19(21(26)27-20)14-15-4-10-18(11-5-15)25(2)13-12-22/h4-6,8,10-11,14,24H,3,7,9,12-13H2,1-2H3/b19-14+,20-16?,23-17?. The quantitative estimate of drug-likeness (QED) is 0.804. The number of rotatable bonds is 5. The van der Waals surface area contributed by atoms with E-state index in [1.54, 1.807) is 6.08 Å². The average molecular weight is 386 g/mol. The van der Waals surface area contributed by atoms with Gasteiger partial charge in [-0.25, -0.2) is 4.79 Å². The van der Waals surface area contributed by atoms with Crippen molar-refractivity contribution in [1.82, 2.24) is 4.98 Å². The molecule has 0 bridgehead atoms. The molecular formula is C21H24ClN3O2. The van der Waals surface area contributed by atoms with Gasteiger partial charge in [0.1, 0.15) is 5.35 Å². The van der Waals surface area contributed by atoms with Crippen molar-refractivity contribution in [1.29, 1.82) is 0 Å². The van der Waals surface area contributed by atoms with E-state index in [1.807, 2.05) is 50.4 Å². The summed E-state index contributed by atoms with van der Waals surface area (Å²) in [5.74, 6) is 0.579. The molecule has 0 aliphatic heterocycles. The Morgan fingerprint density at radius 1 is 1.26 bits per heavy atom. The molecule has 0 atom stereocenters. The van der Waals surface area contributed by atoms with E-state index in [1.165, 1.54) is 0 Å². The fraction of sp³-hybridized carbons (Fsp3) is 0.333. The zero-order valence-corrected chi connectivity index (χ0v) is 16.4. The van der Waals surface area contributed by atoms with Gasteiger partial charge in [-0.3, -0.25) is 4.99 Å². The van der Waals surface area contributed by atoms with E-state index < -0.39 is 0 Å². The number of oxazole rings is 1. The van der Waals surface area contributed by atoms with Gasteiger partial charge >= 0.3 is 5.63 Å². The van der Waals surface area contributed by atoms with Gasteiger partial charge < -0.3 is 14.3 Å². The molecule has 142 valence electrons. The van der Waals surface area contributed by atoms with Crippen LogP contribution in [-0.2, 0) is 0 Å². The summed E-state index contributed by atoms with van der Waals surface area (Å²) >= 11 is 5.78. The Morgan fingerprint density at radius 2 is 2.04 bits per heavy atom. The Bertz CT molecular complexity index is 1010. The minimum absolute atomic E-state index is 0.359.